The Bertz CT molecular complexity index is 422. The molecule has 0 aromatic heterocycles. The van der Waals surface area contributed by atoms with E-state index in [1.165, 1.54) is 19.3 Å². The predicted octanol–water partition coefficient (Wildman–Crippen LogP) is 3.51. The van der Waals surface area contributed by atoms with Crippen LogP contribution in [0.15, 0.2) is 18.2 Å². The molecule has 0 radical (unpaired) electrons. The zero-order valence-corrected chi connectivity index (χ0v) is 13.1. The van der Waals surface area contributed by atoms with E-state index in [4.69, 9.17) is 27.9 Å². The van der Waals surface area contributed by atoms with E-state index in [1.807, 2.05) is 0 Å². The molecule has 0 bridgehead atoms. The summed E-state index contributed by atoms with van der Waals surface area (Å²) >= 11 is 12.0. The Balaban J connectivity index is 1.69. The highest BCUT2D eigenvalue weighted by Gasteiger charge is 2.35. The largest absolute Gasteiger partial charge is 0.488 e. The van der Waals surface area contributed by atoms with Crippen molar-refractivity contribution in [2.24, 2.45) is 5.92 Å². The second-order valence-corrected chi connectivity index (χ2v) is 6.13. The van der Waals surface area contributed by atoms with Crippen LogP contribution in [-0.2, 0) is 0 Å². The highest BCUT2D eigenvalue weighted by molar-refractivity contribution is 6.37. The van der Waals surface area contributed by atoms with Gasteiger partial charge in [-0.1, -0.05) is 42.6 Å². The number of aliphatic hydroxyl groups excluding tert-OH is 1. The van der Waals surface area contributed by atoms with Crippen molar-refractivity contribution in [1.29, 1.82) is 0 Å². The number of halogens is 2. The van der Waals surface area contributed by atoms with E-state index in [-0.39, 0.29) is 6.61 Å². The molecular weight excluding hydrogens is 297 g/mol. The summed E-state index contributed by atoms with van der Waals surface area (Å²) in [7, 11) is 0. The van der Waals surface area contributed by atoms with Gasteiger partial charge in [0.15, 0.2) is 5.75 Å². The molecule has 3 atom stereocenters. The average Bonchev–Trinajstić information content (AvgIpc) is 3.15. The van der Waals surface area contributed by atoms with Gasteiger partial charge in [-0.2, -0.15) is 0 Å². The van der Waals surface area contributed by atoms with E-state index in [0.29, 0.717) is 28.4 Å². The Kier molecular flexibility index (Phi) is 5.97. The van der Waals surface area contributed by atoms with Crippen LogP contribution < -0.4 is 10.1 Å². The fourth-order valence-corrected chi connectivity index (χ4v) is 2.84. The van der Waals surface area contributed by atoms with Crippen LogP contribution in [0.3, 0.4) is 0 Å². The molecule has 1 aromatic carbocycles. The van der Waals surface area contributed by atoms with Gasteiger partial charge in [-0.3, -0.25) is 0 Å². The lowest BCUT2D eigenvalue weighted by molar-refractivity contribution is 0.106. The number of para-hydroxylation sites is 1. The van der Waals surface area contributed by atoms with Crippen molar-refractivity contribution in [3.63, 3.8) is 0 Å². The second-order valence-electron chi connectivity index (χ2n) is 5.31. The van der Waals surface area contributed by atoms with E-state index in [0.717, 1.165) is 5.92 Å². The van der Waals surface area contributed by atoms with Gasteiger partial charge in [0, 0.05) is 12.6 Å². The SMILES string of the molecule is CCCC1CC1NCC(O)COc1c(Cl)cccc1Cl. The quantitative estimate of drug-likeness (QED) is 0.771. The van der Waals surface area contributed by atoms with Gasteiger partial charge in [0.25, 0.3) is 0 Å². The Hall–Kier alpha value is -0.480. The van der Waals surface area contributed by atoms with Gasteiger partial charge >= 0.3 is 0 Å². The zero-order chi connectivity index (χ0) is 14.5. The topological polar surface area (TPSA) is 41.5 Å². The Morgan fingerprint density at radius 3 is 2.75 bits per heavy atom. The van der Waals surface area contributed by atoms with Crippen LogP contribution in [0.25, 0.3) is 0 Å². The molecule has 1 aliphatic carbocycles. The zero-order valence-electron chi connectivity index (χ0n) is 11.6. The lowest BCUT2D eigenvalue weighted by atomic mass is 10.2. The van der Waals surface area contributed by atoms with Crippen LogP contribution in [0.5, 0.6) is 5.75 Å². The molecule has 0 heterocycles. The molecule has 2 N–H and O–H groups in total. The Morgan fingerprint density at radius 1 is 1.40 bits per heavy atom. The molecule has 3 unspecified atom stereocenters. The van der Waals surface area contributed by atoms with Gasteiger partial charge in [0.05, 0.1) is 10.0 Å². The number of ether oxygens (including phenoxy) is 1. The minimum atomic E-state index is -0.565. The summed E-state index contributed by atoms with van der Waals surface area (Å²) in [6.45, 7) is 2.92. The number of nitrogens with one attached hydrogen (secondary N) is 1. The van der Waals surface area contributed by atoms with Gasteiger partial charge in [-0.25, -0.2) is 0 Å². The maximum absolute atomic E-state index is 9.91. The fraction of sp³-hybridized carbons (Fsp3) is 0.600. The standard InChI is InChI=1S/C15H21Cl2NO2/c1-2-4-10-7-14(10)18-8-11(19)9-20-15-12(16)5-3-6-13(15)17/h3,5-6,10-11,14,18-19H,2,4,7-9H2,1H3. The first-order valence-electron chi connectivity index (χ1n) is 7.10. The minimum Gasteiger partial charge on any atom is -0.488 e. The molecule has 1 aliphatic rings. The first kappa shape index (κ1) is 15.9. The molecule has 2 rings (SSSR count). The molecular formula is C15H21Cl2NO2. The third-order valence-electron chi connectivity index (χ3n) is 3.54. The summed E-state index contributed by atoms with van der Waals surface area (Å²) < 4.78 is 5.50. The van der Waals surface area contributed by atoms with Gasteiger partial charge in [0.1, 0.15) is 12.7 Å². The summed E-state index contributed by atoms with van der Waals surface area (Å²) in [4.78, 5) is 0. The molecule has 1 aromatic rings. The second kappa shape index (κ2) is 7.51. The highest BCUT2D eigenvalue weighted by atomic mass is 35.5. The van der Waals surface area contributed by atoms with Gasteiger partial charge in [-0.15, -0.1) is 0 Å². The van der Waals surface area contributed by atoms with Crippen LogP contribution in [-0.4, -0.2) is 30.4 Å². The monoisotopic (exact) mass is 317 g/mol. The van der Waals surface area contributed by atoms with E-state index < -0.39 is 6.10 Å². The number of aliphatic hydroxyl groups is 1. The van der Waals surface area contributed by atoms with Crippen LogP contribution in [0.1, 0.15) is 26.2 Å². The molecule has 20 heavy (non-hydrogen) atoms. The van der Waals surface area contributed by atoms with Crippen molar-refractivity contribution in [2.45, 2.75) is 38.3 Å². The summed E-state index contributed by atoms with van der Waals surface area (Å²) in [5.74, 6) is 1.22. The first-order chi connectivity index (χ1) is 9.61. The van der Waals surface area contributed by atoms with Gasteiger partial charge < -0.3 is 15.2 Å². The van der Waals surface area contributed by atoms with Crippen molar-refractivity contribution >= 4 is 23.2 Å². The maximum atomic E-state index is 9.91. The molecule has 0 saturated heterocycles. The van der Waals surface area contributed by atoms with Crippen molar-refractivity contribution in [3.8, 4) is 5.75 Å². The Morgan fingerprint density at radius 2 is 2.10 bits per heavy atom. The number of hydrogen-bond donors (Lipinski definition) is 2. The number of benzene rings is 1. The number of rotatable bonds is 8. The minimum absolute atomic E-state index is 0.182. The molecule has 3 nitrogen and oxygen atoms in total. The molecule has 1 fully saturated rings. The van der Waals surface area contributed by atoms with Crippen molar-refractivity contribution in [1.82, 2.24) is 5.32 Å². The fourth-order valence-electron chi connectivity index (χ4n) is 2.33. The molecule has 112 valence electrons. The molecule has 5 heteroatoms. The molecule has 1 saturated carbocycles. The maximum Gasteiger partial charge on any atom is 0.156 e. The normalized spacial score (nSPS) is 22.6. The third kappa shape index (κ3) is 4.52. The van der Waals surface area contributed by atoms with Crippen LogP contribution in [0.4, 0.5) is 0 Å². The number of hydrogen-bond acceptors (Lipinski definition) is 3. The molecule has 0 spiro atoms. The van der Waals surface area contributed by atoms with Crippen LogP contribution >= 0.6 is 23.2 Å². The van der Waals surface area contributed by atoms with Crippen LogP contribution in [0, 0.1) is 5.92 Å². The Labute approximate surface area is 130 Å². The predicted molar refractivity (Wildman–Crippen MR) is 82.8 cm³/mol. The van der Waals surface area contributed by atoms with Crippen molar-refractivity contribution in [3.05, 3.63) is 28.2 Å². The summed E-state index contributed by atoms with van der Waals surface area (Å²) in [5, 5.41) is 14.2. The van der Waals surface area contributed by atoms with Gasteiger partial charge in [-0.05, 0) is 30.9 Å². The summed E-state index contributed by atoms with van der Waals surface area (Å²) in [6.07, 6.45) is 3.14. The van der Waals surface area contributed by atoms with Crippen molar-refractivity contribution < 1.29 is 9.84 Å². The average molecular weight is 318 g/mol. The smallest absolute Gasteiger partial charge is 0.156 e. The van der Waals surface area contributed by atoms with Crippen LogP contribution in [0.2, 0.25) is 10.0 Å². The van der Waals surface area contributed by atoms with Gasteiger partial charge in [0.2, 0.25) is 0 Å². The van der Waals surface area contributed by atoms with E-state index in [1.54, 1.807) is 18.2 Å². The lowest BCUT2D eigenvalue weighted by Gasteiger charge is -2.15. The van der Waals surface area contributed by atoms with Crippen molar-refractivity contribution in [2.75, 3.05) is 13.2 Å². The van der Waals surface area contributed by atoms with E-state index >= 15 is 0 Å². The molecule has 0 amide bonds. The van der Waals surface area contributed by atoms with E-state index in [2.05, 4.69) is 12.2 Å². The first-order valence-corrected chi connectivity index (χ1v) is 7.85. The summed E-state index contributed by atoms with van der Waals surface area (Å²) in [5.41, 5.74) is 0. The third-order valence-corrected chi connectivity index (χ3v) is 4.13. The molecule has 0 aliphatic heterocycles. The highest BCUT2D eigenvalue weighted by Crippen LogP contribution is 2.34. The van der Waals surface area contributed by atoms with E-state index in [9.17, 15) is 5.11 Å². The lowest BCUT2D eigenvalue weighted by Crippen LogP contribution is -2.33. The summed E-state index contributed by atoms with van der Waals surface area (Å²) in [6, 6.07) is 5.75.